The summed E-state index contributed by atoms with van der Waals surface area (Å²) in [5, 5.41) is 9.19. The van der Waals surface area contributed by atoms with Gasteiger partial charge in [-0.25, -0.2) is 0 Å². The number of rotatable bonds is 2. The summed E-state index contributed by atoms with van der Waals surface area (Å²) in [5.74, 6) is -0.187. The van der Waals surface area contributed by atoms with Gasteiger partial charge in [-0.2, -0.15) is 5.26 Å². The summed E-state index contributed by atoms with van der Waals surface area (Å²) in [4.78, 5) is 14.0. The molecule has 1 fully saturated rings. The average molecular weight is 258 g/mol. The van der Waals surface area contributed by atoms with E-state index in [0.717, 1.165) is 16.8 Å². The average Bonchev–Trinajstić information content (AvgIpc) is 2.32. The van der Waals surface area contributed by atoms with Crippen LogP contribution in [-0.4, -0.2) is 26.2 Å². The molecule has 1 aliphatic rings. The minimum atomic E-state index is -1.00. The Bertz CT molecular complexity index is 568. The second-order valence-corrected chi connectivity index (χ2v) is 5.27. The van der Waals surface area contributed by atoms with Crippen molar-refractivity contribution in [3.8, 4) is 6.07 Å². The highest BCUT2D eigenvalue weighted by Crippen LogP contribution is 2.32. The van der Waals surface area contributed by atoms with Crippen LogP contribution in [-0.2, 0) is 9.53 Å². The Morgan fingerprint density at radius 1 is 1.26 bits per heavy atom. The van der Waals surface area contributed by atoms with Crippen LogP contribution in [0.15, 0.2) is 12.1 Å². The van der Waals surface area contributed by atoms with Gasteiger partial charge in [-0.15, -0.1) is 0 Å². The van der Waals surface area contributed by atoms with Crippen LogP contribution in [0.2, 0.25) is 0 Å². The Kier molecular flexibility index (Phi) is 3.34. The van der Waals surface area contributed by atoms with Gasteiger partial charge in [-0.05, 0) is 43.5 Å². The molecule has 0 bridgehead atoms. The molecule has 0 radical (unpaired) electrons. The lowest BCUT2D eigenvalue weighted by Gasteiger charge is -2.37. The summed E-state index contributed by atoms with van der Waals surface area (Å²) < 4.78 is 5.04. The largest absolute Gasteiger partial charge is 0.377 e. The van der Waals surface area contributed by atoms with Gasteiger partial charge in [-0.3, -0.25) is 4.79 Å². The van der Waals surface area contributed by atoms with E-state index >= 15 is 0 Å². The first-order valence-electron chi connectivity index (χ1n) is 6.26. The van der Waals surface area contributed by atoms with Gasteiger partial charge in [0.05, 0.1) is 19.3 Å². The monoisotopic (exact) mass is 258 g/mol. The highest BCUT2D eigenvalue weighted by atomic mass is 16.5. The molecule has 1 aliphatic heterocycles. The number of amides is 1. The molecular formula is C15H18N2O2. The number of carbonyl (C=O) groups is 1. The lowest BCUT2D eigenvalue weighted by molar-refractivity contribution is -0.146. The predicted octanol–water partition coefficient (Wildman–Crippen LogP) is 2.11. The van der Waals surface area contributed by atoms with E-state index in [1.807, 2.05) is 26.8 Å². The van der Waals surface area contributed by atoms with Crippen molar-refractivity contribution in [2.24, 2.45) is 5.41 Å². The lowest BCUT2D eigenvalue weighted by Crippen LogP contribution is -2.53. The van der Waals surface area contributed by atoms with Gasteiger partial charge in [0.25, 0.3) is 5.91 Å². The minimum Gasteiger partial charge on any atom is -0.377 e. The summed E-state index contributed by atoms with van der Waals surface area (Å²) in [5.41, 5.74) is 3.22. The second kappa shape index (κ2) is 4.67. The number of ether oxygens (including phenoxy) is 1. The Balaban J connectivity index is 2.35. The molecule has 1 amide bonds. The number of aryl methyl sites for hydroxylation is 3. The van der Waals surface area contributed by atoms with Crippen molar-refractivity contribution < 1.29 is 9.53 Å². The van der Waals surface area contributed by atoms with Crippen molar-refractivity contribution in [3.63, 3.8) is 0 Å². The van der Waals surface area contributed by atoms with E-state index in [4.69, 9.17) is 4.74 Å². The van der Waals surface area contributed by atoms with E-state index in [9.17, 15) is 10.1 Å². The molecule has 1 saturated heterocycles. The molecule has 0 unspecified atom stereocenters. The van der Waals surface area contributed by atoms with Crippen molar-refractivity contribution in [1.82, 2.24) is 0 Å². The Morgan fingerprint density at radius 3 is 2.32 bits per heavy atom. The van der Waals surface area contributed by atoms with Gasteiger partial charge < -0.3 is 9.64 Å². The predicted molar refractivity (Wildman–Crippen MR) is 72.9 cm³/mol. The molecule has 1 aromatic rings. The maximum absolute atomic E-state index is 12.5. The first kappa shape index (κ1) is 13.6. The summed E-state index contributed by atoms with van der Waals surface area (Å²) in [7, 11) is 1.72. The van der Waals surface area contributed by atoms with Gasteiger partial charge >= 0.3 is 0 Å². The number of anilines is 1. The van der Waals surface area contributed by atoms with Crippen LogP contribution in [0.3, 0.4) is 0 Å². The molecule has 0 N–H and O–H groups in total. The Hall–Kier alpha value is -1.86. The zero-order valence-electron chi connectivity index (χ0n) is 11.8. The maximum Gasteiger partial charge on any atom is 0.252 e. The third-order valence-electron chi connectivity index (χ3n) is 3.80. The summed E-state index contributed by atoms with van der Waals surface area (Å²) in [6, 6.07) is 6.15. The molecule has 0 spiro atoms. The highest BCUT2D eigenvalue weighted by molar-refractivity contribution is 6.00. The fraction of sp³-hybridized carbons (Fsp3) is 0.467. The normalized spacial score (nSPS) is 16.4. The van der Waals surface area contributed by atoms with Crippen molar-refractivity contribution in [2.45, 2.75) is 20.8 Å². The summed E-state index contributed by atoms with van der Waals surface area (Å²) in [6.45, 7) is 6.42. The molecule has 0 atom stereocenters. The topological polar surface area (TPSA) is 53.3 Å². The zero-order valence-corrected chi connectivity index (χ0v) is 11.8. The smallest absolute Gasteiger partial charge is 0.252 e. The lowest BCUT2D eigenvalue weighted by atomic mass is 9.86. The van der Waals surface area contributed by atoms with Gasteiger partial charge in [0, 0.05) is 12.7 Å². The summed E-state index contributed by atoms with van der Waals surface area (Å²) >= 11 is 0. The van der Waals surface area contributed by atoms with E-state index < -0.39 is 5.41 Å². The molecule has 0 aromatic heterocycles. The first-order chi connectivity index (χ1) is 8.91. The fourth-order valence-electron chi connectivity index (χ4n) is 2.28. The number of carbonyl (C=O) groups excluding carboxylic acids is 1. The number of nitriles is 1. The van der Waals surface area contributed by atoms with Crippen LogP contribution in [0.4, 0.5) is 5.69 Å². The van der Waals surface area contributed by atoms with E-state index in [-0.39, 0.29) is 19.1 Å². The SMILES string of the molecule is Cc1cc(C)c(N(C)C(=O)C2(C#N)COC2)cc1C. The van der Waals surface area contributed by atoms with Crippen LogP contribution in [0.5, 0.6) is 0 Å². The van der Waals surface area contributed by atoms with Crippen molar-refractivity contribution in [1.29, 1.82) is 5.26 Å². The van der Waals surface area contributed by atoms with Crippen LogP contribution >= 0.6 is 0 Å². The van der Waals surface area contributed by atoms with E-state index in [2.05, 4.69) is 12.1 Å². The Labute approximate surface area is 113 Å². The van der Waals surface area contributed by atoms with E-state index in [1.165, 1.54) is 5.56 Å². The number of nitrogens with zero attached hydrogens (tertiary/aromatic N) is 2. The third-order valence-corrected chi connectivity index (χ3v) is 3.80. The summed E-state index contributed by atoms with van der Waals surface area (Å²) in [6.07, 6.45) is 0. The molecule has 2 rings (SSSR count). The highest BCUT2D eigenvalue weighted by Gasteiger charge is 2.48. The molecule has 1 aromatic carbocycles. The van der Waals surface area contributed by atoms with Gasteiger partial charge in [0.15, 0.2) is 5.41 Å². The molecule has 0 aliphatic carbocycles. The molecule has 19 heavy (non-hydrogen) atoms. The molecule has 100 valence electrons. The van der Waals surface area contributed by atoms with Gasteiger partial charge in [0.2, 0.25) is 0 Å². The molecule has 0 saturated carbocycles. The van der Waals surface area contributed by atoms with Crippen LogP contribution in [0.25, 0.3) is 0 Å². The van der Waals surface area contributed by atoms with Crippen LogP contribution in [0.1, 0.15) is 16.7 Å². The zero-order chi connectivity index (χ0) is 14.2. The number of hydrogen-bond donors (Lipinski definition) is 0. The van der Waals surface area contributed by atoms with Crippen LogP contribution in [0, 0.1) is 37.5 Å². The van der Waals surface area contributed by atoms with Gasteiger partial charge in [-0.1, -0.05) is 6.07 Å². The number of benzene rings is 1. The van der Waals surface area contributed by atoms with Crippen molar-refractivity contribution in [2.75, 3.05) is 25.2 Å². The van der Waals surface area contributed by atoms with Crippen molar-refractivity contribution >= 4 is 11.6 Å². The third kappa shape index (κ3) is 2.11. The Morgan fingerprint density at radius 2 is 1.84 bits per heavy atom. The molecular weight excluding hydrogens is 240 g/mol. The maximum atomic E-state index is 12.5. The van der Waals surface area contributed by atoms with Crippen LogP contribution < -0.4 is 4.90 Å². The molecule has 1 heterocycles. The quantitative estimate of drug-likeness (QED) is 0.816. The van der Waals surface area contributed by atoms with Crippen molar-refractivity contribution in [3.05, 3.63) is 28.8 Å². The number of hydrogen-bond acceptors (Lipinski definition) is 3. The minimum absolute atomic E-state index is 0.187. The second-order valence-electron chi connectivity index (χ2n) is 5.27. The molecule has 4 nitrogen and oxygen atoms in total. The fourth-order valence-corrected chi connectivity index (χ4v) is 2.28. The standard InChI is InChI=1S/C15H18N2O2/c1-10-5-12(3)13(6-11(10)2)17(4)14(18)15(7-16)8-19-9-15/h5-6H,8-9H2,1-4H3. The van der Waals surface area contributed by atoms with E-state index in [1.54, 1.807) is 11.9 Å². The van der Waals surface area contributed by atoms with E-state index in [0.29, 0.717) is 0 Å². The first-order valence-corrected chi connectivity index (χ1v) is 6.26. The molecule has 4 heteroatoms. The van der Waals surface area contributed by atoms with Gasteiger partial charge in [0.1, 0.15) is 0 Å².